The minimum atomic E-state index is -0.609. The molecule has 2 amide bonds. The fourth-order valence-corrected chi connectivity index (χ4v) is 1.84. The second kappa shape index (κ2) is 6.47. The van der Waals surface area contributed by atoms with Crippen molar-refractivity contribution < 1.29 is 9.59 Å². The Labute approximate surface area is 121 Å². The number of nitrogens with zero attached hydrogens (tertiary/aromatic N) is 3. The SMILES string of the molecule is NC(=O)CN(Cc1ccccc1N)C(=O)c1cnccn1. The highest BCUT2D eigenvalue weighted by Crippen LogP contribution is 2.14. The van der Waals surface area contributed by atoms with Gasteiger partial charge in [0, 0.05) is 24.6 Å². The summed E-state index contributed by atoms with van der Waals surface area (Å²) < 4.78 is 0. The zero-order chi connectivity index (χ0) is 15.2. The van der Waals surface area contributed by atoms with Crippen molar-refractivity contribution in [1.29, 1.82) is 0 Å². The van der Waals surface area contributed by atoms with Crippen LogP contribution in [0.1, 0.15) is 16.1 Å². The predicted octanol–water partition coefficient (Wildman–Crippen LogP) is 0.186. The minimum Gasteiger partial charge on any atom is -0.398 e. The van der Waals surface area contributed by atoms with Crippen LogP contribution >= 0.6 is 0 Å². The Morgan fingerprint density at radius 2 is 1.95 bits per heavy atom. The molecule has 0 aliphatic rings. The first-order valence-electron chi connectivity index (χ1n) is 6.25. The van der Waals surface area contributed by atoms with Crippen LogP contribution in [0.15, 0.2) is 42.9 Å². The van der Waals surface area contributed by atoms with Crippen molar-refractivity contribution in [2.45, 2.75) is 6.54 Å². The van der Waals surface area contributed by atoms with E-state index in [2.05, 4.69) is 9.97 Å². The van der Waals surface area contributed by atoms with Crippen LogP contribution in [0.3, 0.4) is 0 Å². The molecule has 1 aromatic carbocycles. The maximum absolute atomic E-state index is 12.4. The fourth-order valence-electron chi connectivity index (χ4n) is 1.84. The molecule has 0 aliphatic carbocycles. The summed E-state index contributed by atoms with van der Waals surface area (Å²) in [5, 5.41) is 0. The molecule has 1 aromatic heterocycles. The lowest BCUT2D eigenvalue weighted by molar-refractivity contribution is -0.118. The number of aromatic nitrogens is 2. The molecule has 0 saturated carbocycles. The topological polar surface area (TPSA) is 115 Å². The predicted molar refractivity (Wildman–Crippen MR) is 76.8 cm³/mol. The molecule has 0 aliphatic heterocycles. The number of nitrogens with two attached hydrogens (primary N) is 2. The summed E-state index contributed by atoms with van der Waals surface area (Å²) in [5.41, 5.74) is 12.5. The Kier molecular flexibility index (Phi) is 4.45. The van der Waals surface area contributed by atoms with Crippen LogP contribution in [-0.4, -0.2) is 33.2 Å². The lowest BCUT2D eigenvalue weighted by atomic mass is 10.1. The molecule has 1 heterocycles. The van der Waals surface area contributed by atoms with Gasteiger partial charge < -0.3 is 16.4 Å². The van der Waals surface area contributed by atoms with Gasteiger partial charge in [-0.25, -0.2) is 4.98 Å². The molecule has 0 saturated heterocycles. The first-order chi connectivity index (χ1) is 10.1. The Morgan fingerprint density at radius 3 is 2.57 bits per heavy atom. The molecule has 4 N–H and O–H groups in total. The van der Waals surface area contributed by atoms with Gasteiger partial charge >= 0.3 is 0 Å². The number of para-hydroxylation sites is 1. The standard InChI is InChI=1S/C14H15N5O2/c15-11-4-2-1-3-10(11)8-19(9-13(16)20)14(21)12-7-17-5-6-18-12/h1-7H,8-9,15H2,(H2,16,20). The maximum atomic E-state index is 12.4. The van der Waals surface area contributed by atoms with Crippen molar-refractivity contribution in [3.05, 3.63) is 54.1 Å². The van der Waals surface area contributed by atoms with Gasteiger partial charge in [0.2, 0.25) is 5.91 Å². The van der Waals surface area contributed by atoms with E-state index in [0.717, 1.165) is 5.56 Å². The van der Waals surface area contributed by atoms with Crippen molar-refractivity contribution in [3.63, 3.8) is 0 Å². The van der Waals surface area contributed by atoms with Crippen LogP contribution in [0.5, 0.6) is 0 Å². The van der Waals surface area contributed by atoms with Crippen molar-refractivity contribution >= 4 is 17.5 Å². The largest absolute Gasteiger partial charge is 0.398 e. The third kappa shape index (κ3) is 3.75. The van der Waals surface area contributed by atoms with Crippen LogP contribution in [0.2, 0.25) is 0 Å². The Balaban J connectivity index is 2.25. The summed E-state index contributed by atoms with van der Waals surface area (Å²) in [5.74, 6) is -1.04. The van der Waals surface area contributed by atoms with Gasteiger partial charge in [0.25, 0.3) is 5.91 Å². The smallest absolute Gasteiger partial charge is 0.274 e. The molecule has 0 unspecified atom stereocenters. The van der Waals surface area contributed by atoms with Crippen LogP contribution in [0.4, 0.5) is 5.69 Å². The molecule has 2 aromatic rings. The number of hydrogen-bond donors (Lipinski definition) is 2. The Morgan fingerprint density at radius 1 is 1.19 bits per heavy atom. The first kappa shape index (κ1) is 14.4. The van der Waals surface area contributed by atoms with Gasteiger partial charge in [-0.1, -0.05) is 18.2 Å². The number of hydrogen-bond acceptors (Lipinski definition) is 5. The Bertz CT molecular complexity index is 645. The zero-order valence-corrected chi connectivity index (χ0v) is 11.3. The summed E-state index contributed by atoms with van der Waals surface area (Å²) in [6.45, 7) is -0.0469. The van der Waals surface area contributed by atoms with Gasteiger partial charge in [-0.2, -0.15) is 0 Å². The van der Waals surface area contributed by atoms with Crippen LogP contribution in [0.25, 0.3) is 0 Å². The van der Waals surface area contributed by atoms with Crippen molar-refractivity contribution in [2.75, 3.05) is 12.3 Å². The van der Waals surface area contributed by atoms with Crippen LogP contribution in [-0.2, 0) is 11.3 Å². The third-order valence-electron chi connectivity index (χ3n) is 2.83. The summed E-state index contributed by atoms with van der Waals surface area (Å²) in [6, 6.07) is 7.11. The number of carbonyl (C=O) groups excluding carboxylic acids is 2. The summed E-state index contributed by atoms with van der Waals surface area (Å²) >= 11 is 0. The van der Waals surface area contributed by atoms with Crippen molar-refractivity contribution in [2.24, 2.45) is 5.73 Å². The number of anilines is 1. The molecule has 0 radical (unpaired) electrons. The molecule has 0 atom stereocenters. The summed E-state index contributed by atoms with van der Waals surface area (Å²) in [6.07, 6.45) is 4.21. The summed E-state index contributed by atoms with van der Waals surface area (Å²) in [7, 11) is 0. The maximum Gasteiger partial charge on any atom is 0.274 e. The molecule has 108 valence electrons. The van der Waals surface area contributed by atoms with E-state index < -0.39 is 11.8 Å². The van der Waals surface area contributed by atoms with Crippen molar-refractivity contribution in [3.8, 4) is 0 Å². The van der Waals surface area contributed by atoms with Gasteiger partial charge in [0.05, 0.1) is 6.20 Å². The molecule has 0 fully saturated rings. The molecule has 7 heteroatoms. The fraction of sp³-hybridized carbons (Fsp3) is 0.143. The first-order valence-corrected chi connectivity index (χ1v) is 6.25. The van der Waals surface area contributed by atoms with Gasteiger partial charge in [-0.3, -0.25) is 14.6 Å². The normalized spacial score (nSPS) is 10.1. The minimum absolute atomic E-state index is 0.147. The van der Waals surface area contributed by atoms with Gasteiger partial charge in [-0.05, 0) is 11.6 Å². The van der Waals surface area contributed by atoms with E-state index in [9.17, 15) is 9.59 Å². The number of rotatable bonds is 5. The van der Waals surface area contributed by atoms with E-state index in [0.29, 0.717) is 5.69 Å². The second-order valence-electron chi connectivity index (χ2n) is 4.42. The molecule has 21 heavy (non-hydrogen) atoms. The van der Waals surface area contributed by atoms with E-state index >= 15 is 0 Å². The monoisotopic (exact) mass is 285 g/mol. The average Bonchev–Trinajstić information content (AvgIpc) is 2.48. The third-order valence-corrected chi connectivity index (χ3v) is 2.83. The molecular weight excluding hydrogens is 270 g/mol. The van der Waals surface area contributed by atoms with E-state index in [1.54, 1.807) is 24.3 Å². The van der Waals surface area contributed by atoms with E-state index in [4.69, 9.17) is 11.5 Å². The molecule has 0 bridgehead atoms. The number of nitrogen functional groups attached to an aromatic ring is 1. The number of benzene rings is 1. The second-order valence-corrected chi connectivity index (χ2v) is 4.42. The molecule has 7 nitrogen and oxygen atoms in total. The quantitative estimate of drug-likeness (QED) is 0.761. The molecule has 2 rings (SSSR count). The summed E-state index contributed by atoms with van der Waals surface area (Å²) in [4.78, 5) is 32.6. The highest BCUT2D eigenvalue weighted by molar-refractivity contribution is 5.94. The lowest BCUT2D eigenvalue weighted by Crippen LogP contribution is -2.38. The number of amides is 2. The molecular formula is C14H15N5O2. The van der Waals surface area contributed by atoms with E-state index in [-0.39, 0.29) is 18.8 Å². The van der Waals surface area contributed by atoms with Crippen LogP contribution < -0.4 is 11.5 Å². The van der Waals surface area contributed by atoms with Gasteiger partial charge in [0.1, 0.15) is 12.2 Å². The zero-order valence-electron chi connectivity index (χ0n) is 11.3. The Hall–Kier alpha value is -2.96. The highest BCUT2D eigenvalue weighted by Gasteiger charge is 2.20. The number of carbonyl (C=O) groups is 2. The van der Waals surface area contributed by atoms with Gasteiger partial charge in [-0.15, -0.1) is 0 Å². The highest BCUT2D eigenvalue weighted by atomic mass is 16.2. The van der Waals surface area contributed by atoms with Gasteiger partial charge in [0.15, 0.2) is 0 Å². The average molecular weight is 285 g/mol. The van der Waals surface area contributed by atoms with Crippen LogP contribution in [0, 0.1) is 0 Å². The molecule has 0 spiro atoms. The number of primary amides is 1. The van der Waals surface area contributed by atoms with Crippen molar-refractivity contribution in [1.82, 2.24) is 14.9 Å². The lowest BCUT2D eigenvalue weighted by Gasteiger charge is -2.21. The van der Waals surface area contributed by atoms with E-state index in [1.807, 2.05) is 0 Å². The van der Waals surface area contributed by atoms with E-state index in [1.165, 1.54) is 23.5 Å².